The van der Waals surface area contributed by atoms with Gasteiger partial charge in [0, 0.05) is 30.1 Å². The molecule has 0 amide bonds. The number of nitriles is 1. The van der Waals surface area contributed by atoms with Gasteiger partial charge in [0.05, 0.1) is 16.8 Å². The number of aliphatic hydroxyl groups is 1. The zero-order valence-corrected chi connectivity index (χ0v) is 11.2. The molecule has 4 heteroatoms. The molecule has 1 aromatic heterocycles. The summed E-state index contributed by atoms with van der Waals surface area (Å²) in [6, 6.07) is 10.3. The van der Waals surface area contributed by atoms with Crippen LogP contribution in [0.15, 0.2) is 30.5 Å². The van der Waals surface area contributed by atoms with E-state index in [4.69, 9.17) is 0 Å². The number of aliphatic hydroxyl groups excluding tert-OH is 1. The Bertz CT molecular complexity index is 662. The highest BCUT2D eigenvalue weighted by atomic mass is 16.3. The number of aromatic nitrogens is 1. The first-order valence-corrected chi connectivity index (χ1v) is 6.98. The Hall–Kier alpha value is -2.12. The second kappa shape index (κ2) is 5.48. The largest absolute Gasteiger partial charge is 0.396 e. The highest BCUT2D eigenvalue weighted by molar-refractivity contribution is 5.93. The van der Waals surface area contributed by atoms with Gasteiger partial charge in [0.15, 0.2) is 0 Å². The van der Waals surface area contributed by atoms with E-state index in [0.717, 1.165) is 35.9 Å². The van der Waals surface area contributed by atoms with Gasteiger partial charge in [-0.3, -0.25) is 4.98 Å². The average molecular weight is 267 g/mol. The first kappa shape index (κ1) is 12.9. The lowest BCUT2D eigenvalue weighted by molar-refractivity contribution is 0.222. The fraction of sp³-hybridized carbons (Fsp3) is 0.375. The van der Waals surface area contributed by atoms with Crippen molar-refractivity contribution < 1.29 is 5.11 Å². The lowest BCUT2D eigenvalue weighted by Crippen LogP contribution is -2.26. The SMILES string of the molecule is N#Cc1cnc2ccccc2c1NC1CCCC1CO. The van der Waals surface area contributed by atoms with E-state index in [9.17, 15) is 10.4 Å². The maximum Gasteiger partial charge on any atom is 0.103 e. The van der Waals surface area contributed by atoms with Gasteiger partial charge in [-0.15, -0.1) is 0 Å². The summed E-state index contributed by atoms with van der Waals surface area (Å²) in [7, 11) is 0. The monoisotopic (exact) mass is 267 g/mol. The topological polar surface area (TPSA) is 68.9 Å². The third-order valence-corrected chi connectivity index (χ3v) is 4.12. The summed E-state index contributed by atoms with van der Waals surface area (Å²) in [5.41, 5.74) is 2.29. The molecule has 1 fully saturated rings. The molecule has 2 atom stereocenters. The van der Waals surface area contributed by atoms with Gasteiger partial charge in [0.2, 0.25) is 0 Å². The Labute approximate surface area is 118 Å². The second-order valence-electron chi connectivity index (χ2n) is 5.30. The van der Waals surface area contributed by atoms with Crippen LogP contribution in [-0.4, -0.2) is 22.7 Å². The molecular formula is C16H17N3O. The Morgan fingerprint density at radius 3 is 3.00 bits per heavy atom. The van der Waals surface area contributed by atoms with E-state index in [1.54, 1.807) is 6.20 Å². The van der Waals surface area contributed by atoms with E-state index in [1.165, 1.54) is 0 Å². The van der Waals surface area contributed by atoms with Crippen molar-refractivity contribution in [2.24, 2.45) is 5.92 Å². The lowest BCUT2D eigenvalue weighted by atomic mass is 10.0. The predicted molar refractivity (Wildman–Crippen MR) is 78.3 cm³/mol. The molecule has 2 aromatic rings. The summed E-state index contributed by atoms with van der Waals surface area (Å²) in [6.45, 7) is 0.197. The van der Waals surface area contributed by atoms with Gasteiger partial charge < -0.3 is 10.4 Å². The van der Waals surface area contributed by atoms with Crippen LogP contribution in [0, 0.1) is 17.2 Å². The van der Waals surface area contributed by atoms with Crippen LogP contribution in [0.3, 0.4) is 0 Å². The first-order valence-electron chi connectivity index (χ1n) is 6.98. The lowest BCUT2D eigenvalue weighted by Gasteiger charge is -2.22. The van der Waals surface area contributed by atoms with Crippen LogP contribution in [0.2, 0.25) is 0 Å². The molecule has 102 valence electrons. The number of rotatable bonds is 3. The number of hydrogen-bond acceptors (Lipinski definition) is 4. The Morgan fingerprint density at radius 2 is 2.20 bits per heavy atom. The van der Waals surface area contributed by atoms with E-state index in [2.05, 4.69) is 16.4 Å². The average Bonchev–Trinajstić information content (AvgIpc) is 2.95. The molecule has 0 bridgehead atoms. The van der Waals surface area contributed by atoms with Gasteiger partial charge in [-0.05, 0) is 18.9 Å². The molecule has 0 radical (unpaired) electrons. The van der Waals surface area contributed by atoms with E-state index in [-0.39, 0.29) is 18.6 Å². The maximum atomic E-state index is 9.44. The summed E-state index contributed by atoms with van der Waals surface area (Å²) >= 11 is 0. The molecule has 0 aliphatic heterocycles. The van der Waals surface area contributed by atoms with E-state index < -0.39 is 0 Å². The number of para-hydroxylation sites is 1. The van der Waals surface area contributed by atoms with Gasteiger partial charge in [0.25, 0.3) is 0 Å². The minimum atomic E-state index is 0.197. The van der Waals surface area contributed by atoms with Gasteiger partial charge in [0.1, 0.15) is 6.07 Å². The number of nitrogens with zero attached hydrogens (tertiary/aromatic N) is 2. The van der Waals surface area contributed by atoms with Crippen molar-refractivity contribution in [2.75, 3.05) is 11.9 Å². The summed E-state index contributed by atoms with van der Waals surface area (Å²) < 4.78 is 0. The number of nitrogens with one attached hydrogen (secondary N) is 1. The minimum Gasteiger partial charge on any atom is -0.396 e. The summed E-state index contributed by atoms with van der Waals surface area (Å²) in [6.07, 6.45) is 4.81. The van der Waals surface area contributed by atoms with Gasteiger partial charge in [-0.25, -0.2) is 0 Å². The molecule has 1 aliphatic rings. The standard InChI is InChI=1S/C16H17N3O/c17-8-12-9-18-15-6-2-1-5-13(15)16(12)19-14-7-3-4-11(14)10-20/h1-2,5-6,9,11,14,20H,3-4,7,10H2,(H,18,19). The molecule has 1 aliphatic carbocycles. The van der Waals surface area contributed by atoms with Gasteiger partial charge >= 0.3 is 0 Å². The Morgan fingerprint density at radius 1 is 1.35 bits per heavy atom. The van der Waals surface area contributed by atoms with Crippen LogP contribution in [0.1, 0.15) is 24.8 Å². The molecule has 20 heavy (non-hydrogen) atoms. The molecule has 1 saturated carbocycles. The van der Waals surface area contributed by atoms with Crippen LogP contribution < -0.4 is 5.32 Å². The zero-order chi connectivity index (χ0) is 13.9. The van der Waals surface area contributed by atoms with Gasteiger partial charge in [-0.2, -0.15) is 5.26 Å². The molecule has 2 N–H and O–H groups in total. The van der Waals surface area contributed by atoms with E-state index in [1.807, 2.05) is 24.3 Å². The Balaban J connectivity index is 2.03. The quantitative estimate of drug-likeness (QED) is 0.897. The fourth-order valence-corrected chi connectivity index (χ4v) is 3.01. The number of hydrogen-bond donors (Lipinski definition) is 2. The predicted octanol–water partition coefficient (Wildman–Crippen LogP) is 2.68. The number of benzene rings is 1. The maximum absolute atomic E-state index is 9.44. The van der Waals surface area contributed by atoms with Crippen molar-refractivity contribution >= 4 is 16.6 Å². The summed E-state index contributed by atoms with van der Waals surface area (Å²) in [4.78, 5) is 4.31. The van der Waals surface area contributed by atoms with Crippen LogP contribution in [0.25, 0.3) is 10.9 Å². The summed E-state index contributed by atoms with van der Waals surface area (Å²) in [5, 5.41) is 23.2. The molecule has 2 unspecified atom stereocenters. The molecule has 1 aromatic carbocycles. The van der Waals surface area contributed by atoms with Crippen molar-refractivity contribution in [1.29, 1.82) is 5.26 Å². The molecule has 3 rings (SSSR count). The van der Waals surface area contributed by atoms with Gasteiger partial charge in [-0.1, -0.05) is 24.6 Å². The molecular weight excluding hydrogens is 250 g/mol. The normalized spacial score (nSPS) is 21.8. The molecule has 0 spiro atoms. The third kappa shape index (κ3) is 2.21. The number of fused-ring (bicyclic) bond motifs is 1. The fourth-order valence-electron chi connectivity index (χ4n) is 3.01. The highest BCUT2D eigenvalue weighted by Gasteiger charge is 2.27. The van der Waals surface area contributed by atoms with Crippen molar-refractivity contribution in [3.05, 3.63) is 36.0 Å². The summed E-state index contributed by atoms with van der Waals surface area (Å²) in [5.74, 6) is 0.272. The van der Waals surface area contributed by atoms with Crippen molar-refractivity contribution in [1.82, 2.24) is 4.98 Å². The van der Waals surface area contributed by atoms with E-state index in [0.29, 0.717) is 5.56 Å². The van der Waals surface area contributed by atoms with Crippen LogP contribution >= 0.6 is 0 Å². The van der Waals surface area contributed by atoms with Crippen LogP contribution in [0.4, 0.5) is 5.69 Å². The van der Waals surface area contributed by atoms with Crippen LogP contribution in [0.5, 0.6) is 0 Å². The Kier molecular flexibility index (Phi) is 3.53. The van der Waals surface area contributed by atoms with Crippen molar-refractivity contribution in [2.45, 2.75) is 25.3 Å². The smallest absolute Gasteiger partial charge is 0.103 e. The third-order valence-electron chi connectivity index (χ3n) is 4.12. The highest BCUT2D eigenvalue weighted by Crippen LogP contribution is 2.32. The first-order chi connectivity index (χ1) is 9.83. The van der Waals surface area contributed by atoms with Crippen molar-refractivity contribution in [3.63, 3.8) is 0 Å². The minimum absolute atomic E-state index is 0.197. The zero-order valence-electron chi connectivity index (χ0n) is 11.2. The van der Waals surface area contributed by atoms with E-state index >= 15 is 0 Å². The van der Waals surface area contributed by atoms with Crippen molar-refractivity contribution in [3.8, 4) is 6.07 Å². The number of pyridine rings is 1. The number of anilines is 1. The molecule has 0 saturated heterocycles. The second-order valence-corrected chi connectivity index (χ2v) is 5.30. The van der Waals surface area contributed by atoms with Crippen LogP contribution in [-0.2, 0) is 0 Å². The molecule has 1 heterocycles. The molecule has 4 nitrogen and oxygen atoms in total.